The summed E-state index contributed by atoms with van der Waals surface area (Å²) in [6.07, 6.45) is 28.6. The molecule has 25 heavy (non-hydrogen) atoms. The Morgan fingerprint density at radius 3 is 1.88 bits per heavy atom. The van der Waals surface area contributed by atoms with Gasteiger partial charge in [0.05, 0.1) is 12.4 Å². The van der Waals surface area contributed by atoms with Crippen LogP contribution in [-0.4, -0.2) is 6.10 Å². The summed E-state index contributed by atoms with van der Waals surface area (Å²) in [5, 5.41) is 0. The molecule has 2 aliphatic carbocycles. The number of hydrogen-bond acceptors (Lipinski definition) is 1. The SMILES string of the molecule is CCC/C=C/OC1CCC(CCC2CCC(/C=C/CCC)CC2)CC1. The Hall–Kier alpha value is -0.720. The van der Waals surface area contributed by atoms with E-state index in [1.165, 1.54) is 83.5 Å². The molecule has 2 aliphatic rings. The van der Waals surface area contributed by atoms with E-state index in [1.54, 1.807) is 0 Å². The van der Waals surface area contributed by atoms with Gasteiger partial charge in [-0.05, 0) is 88.0 Å². The largest absolute Gasteiger partial charge is 0.498 e. The summed E-state index contributed by atoms with van der Waals surface area (Å²) >= 11 is 0. The van der Waals surface area contributed by atoms with Gasteiger partial charge in [-0.3, -0.25) is 0 Å². The highest BCUT2D eigenvalue weighted by molar-refractivity contribution is 4.91. The van der Waals surface area contributed by atoms with Crippen molar-refractivity contribution in [2.24, 2.45) is 17.8 Å². The van der Waals surface area contributed by atoms with Crippen molar-refractivity contribution in [3.8, 4) is 0 Å². The zero-order valence-electron chi connectivity index (χ0n) is 16.9. The maximum absolute atomic E-state index is 5.89. The number of hydrogen-bond donors (Lipinski definition) is 0. The van der Waals surface area contributed by atoms with Crippen molar-refractivity contribution in [2.45, 2.75) is 110 Å². The molecule has 0 amide bonds. The van der Waals surface area contributed by atoms with Crippen LogP contribution in [0.15, 0.2) is 24.5 Å². The smallest absolute Gasteiger partial charge is 0.0978 e. The fourth-order valence-electron chi connectivity index (χ4n) is 4.55. The molecule has 0 bridgehead atoms. The molecule has 0 atom stereocenters. The molecule has 0 N–H and O–H groups in total. The molecule has 0 saturated heterocycles. The van der Waals surface area contributed by atoms with Gasteiger partial charge < -0.3 is 4.74 Å². The summed E-state index contributed by atoms with van der Waals surface area (Å²) in [6.45, 7) is 4.48. The van der Waals surface area contributed by atoms with Gasteiger partial charge in [-0.25, -0.2) is 0 Å². The van der Waals surface area contributed by atoms with E-state index in [1.807, 2.05) is 6.26 Å². The minimum Gasteiger partial charge on any atom is -0.498 e. The third-order valence-electron chi connectivity index (χ3n) is 6.35. The Kier molecular flexibility index (Phi) is 10.4. The summed E-state index contributed by atoms with van der Waals surface area (Å²) in [5.41, 5.74) is 0. The highest BCUT2D eigenvalue weighted by atomic mass is 16.5. The highest BCUT2D eigenvalue weighted by Gasteiger charge is 2.24. The average Bonchev–Trinajstić information content (AvgIpc) is 2.66. The first-order chi connectivity index (χ1) is 12.3. The zero-order chi connectivity index (χ0) is 17.7. The van der Waals surface area contributed by atoms with E-state index >= 15 is 0 Å². The van der Waals surface area contributed by atoms with Crippen LogP contribution in [0.2, 0.25) is 0 Å². The summed E-state index contributed by atoms with van der Waals surface area (Å²) < 4.78 is 5.89. The van der Waals surface area contributed by atoms with Crippen molar-refractivity contribution in [2.75, 3.05) is 0 Å². The molecular formula is C24H42O. The molecule has 0 aromatic rings. The van der Waals surface area contributed by atoms with Gasteiger partial charge in [0.2, 0.25) is 0 Å². The minimum absolute atomic E-state index is 0.495. The van der Waals surface area contributed by atoms with Crippen LogP contribution in [0.3, 0.4) is 0 Å². The van der Waals surface area contributed by atoms with E-state index in [2.05, 4.69) is 32.1 Å². The first kappa shape index (κ1) is 20.6. The van der Waals surface area contributed by atoms with Crippen molar-refractivity contribution in [1.29, 1.82) is 0 Å². The maximum atomic E-state index is 5.89. The molecular weight excluding hydrogens is 304 g/mol. The lowest BCUT2D eigenvalue weighted by Gasteiger charge is -2.31. The lowest BCUT2D eigenvalue weighted by Crippen LogP contribution is -2.21. The molecule has 2 saturated carbocycles. The fraction of sp³-hybridized carbons (Fsp3) is 0.833. The van der Waals surface area contributed by atoms with Crippen LogP contribution in [0.4, 0.5) is 0 Å². The van der Waals surface area contributed by atoms with Gasteiger partial charge in [0.25, 0.3) is 0 Å². The zero-order valence-corrected chi connectivity index (χ0v) is 16.9. The maximum Gasteiger partial charge on any atom is 0.0978 e. The van der Waals surface area contributed by atoms with E-state index in [4.69, 9.17) is 4.74 Å². The number of ether oxygens (including phenoxy) is 1. The van der Waals surface area contributed by atoms with Crippen LogP contribution in [0.25, 0.3) is 0 Å². The second-order valence-electron chi connectivity index (χ2n) is 8.51. The average molecular weight is 347 g/mol. The van der Waals surface area contributed by atoms with Gasteiger partial charge in [0.15, 0.2) is 0 Å². The lowest BCUT2D eigenvalue weighted by molar-refractivity contribution is 0.0838. The molecule has 0 aliphatic heterocycles. The van der Waals surface area contributed by atoms with E-state index in [-0.39, 0.29) is 0 Å². The number of allylic oxidation sites excluding steroid dienone is 3. The van der Waals surface area contributed by atoms with Crippen molar-refractivity contribution < 1.29 is 4.74 Å². The molecule has 0 unspecified atom stereocenters. The van der Waals surface area contributed by atoms with Crippen LogP contribution in [0, 0.1) is 17.8 Å². The summed E-state index contributed by atoms with van der Waals surface area (Å²) in [5.74, 6) is 2.87. The first-order valence-corrected chi connectivity index (χ1v) is 11.3. The Bertz CT molecular complexity index is 368. The molecule has 2 rings (SSSR count). The van der Waals surface area contributed by atoms with E-state index in [0.717, 1.165) is 24.2 Å². The Balaban J connectivity index is 1.53. The fourth-order valence-corrected chi connectivity index (χ4v) is 4.55. The normalized spacial score (nSPS) is 31.0. The molecule has 1 nitrogen and oxygen atoms in total. The lowest BCUT2D eigenvalue weighted by atomic mass is 9.77. The molecule has 0 spiro atoms. The van der Waals surface area contributed by atoms with Gasteiger partial charge in [-0.2, -0.15) is 0 Å². The predicted molar refractivity (Wildman–Crippen MR) is 110 cm³/mol. The van der Waals surface area contributed by atoms with Crippen LogP contribution in [0.5, 0.6) is 0 Å². The van der Waals surface area contributed by atoms with Gasteiger partial charge in [0.1, 0.15) is 0 Å². The van der Waals surface area contributed by atoms with Gasteiger partial charge in [-0.15, -0.1) is 0 Å². The molecule has 0 aromatic heterocycles. The molecule has 1 heteroatoms. The van der Waals surface area contributed by atoms with Crippen molar-refractivity contribution in [3.63, 3.8) is 0 Å². The van der Waals surface area contributed by atoms with E-state index in [9.17, 15) is 0 Å². The molecule has 0 radical (unpaired) electrons. The highest BCUT2D eigenvalue weighted by Crippen LogP contribution is 2.36. The Morgan fingerprint density at radius 2 is 1.28 bits per heavy atom. The van der Waals surface area contributed by atoms with E-state index in [0.29, 0.717) is 6.10 Å². The summed E-state index contributed by atoms with van der Waals surface area (Å²) in [4.78, 5) is 0. The van der Waals surface area contributed by atoms with Crippen LogP contribution < -0.4 is 0 Å². The third-order valence-corrected chi connectivity index (χ3v) is 6.35. The first-order valence-electron chi connectivity index (χ1n) is 11.3. The minimum atomic E-state index is 0.495. The summed E-state index contributed by atoms with van der Waals surface area (Å²) in [6, 6.07) is 0. The third kappa shape index (κ3) is 8.47. The van der Waals surface area contributed by atoms with E-state index < -0.39 is 0 Å². The second kappa shape index (κ2) is 12.6. The number of rotatable bonds is 10. The molecule has 2 fully saturated rings. The quantitative estimate of drug-likeness (QED) is 0.289. The van der Waals surface area contributed by atoms with Crippen LogP contribution in [-0.2, 0) is 4.74 Å². The Morgan fingerprint density at radius 1 is 0.720 bits per heavy atom. The monoisotopic (exact) mass is 346 g/mol. The topological polar surface area (TPSA) is 9.23 Å². The van der Waals surface area contributed by atoms with Gasteiger partial charge in [0, 0.05) is 0 Å². The van der Waals surface area contributed by atoms with Crippen LogP contribution >= 0.6 is 0 Å². The standard InChI is InChI=1S/C24H42O/c1-3-5-7-9-21-10-12-22(13-11-21)14-15-23-16-18-24(19-17-23)25-20-8-6-4-2/h7-9,20-24H,3-6,10-19H2,1-2H3/b9-7+,20-8+. The second-order valence-corrected chi connectivity index (χ2v) is 8.51. The van der Waals surface area contributed by atoms with Crippen molar-refractivity contribution in [3.05, 3.63) is 24.5 Å². The summed E-state index contributed by atoms with van der Waals surface area (Å²) in [7, 11) is 0. The van der Waals surface area contributed by atoms with Crippen molar-refractivity contribution >= 4 is 0 Å². The Labute approximate surface area is 157 Å². The molecule has 144 valence electrons. The van der Waals surface area contributed by atoms with Gasteiger partial charge in [-0.1, -0.05) is 51.7 Å². The van der Waals surface area contributed by atoms with Crippen LogP contribution in [0.1, 0.15) is 104 Å². The predicted octanol–water partition coefficient (Wildman–Crippen LogP) is 7.82. The molecule has 0 aromatic carbocycles. The van der Waals surface area contributed by atoms with Gasteiger partial charge >= 0.3 is 0 Å². The molecule has 0 heterocycles. The van der Waals surface area contributed by atoms with Crippen molar-refractivity contribution in [1.82, 2.24) is 0 Å². The number of unbranched alkanes of at least 4 members (excludes halogenated alkanes) is 2.